The molecule has 18 heavy (non-hydrogen) atoms. The molecule has 98 valence electrons. The van der Waals surface area contributed by atoms with Crippen LogP contribution in [-0.2, 0) is 6.42 Å². The highest BCUT2D eigenvalue weighted by Gasteiger charge is 2.35. The van der Waals surface area contributed by atoms with Crippen LogP contribution in [0.25, 0.3) is 0 Å². The van der Waals surface area contributed by atoms with Gasteiger partial charge in [-0.25, -0.2) is 13.8 Å². The highest BCUT2D eigenvalue weighted by molar-refractivity contribution is 6.32. The molecule has 0 atom stereocenters. The number of hydrogen-bond acceptors (Lipinski definition) is 3. The zero-order valence-corrected chi connectivity index (χ0v) is 9.19. The lowest BCUT2D eigenvalue weighted by molar-refractivity contribution is -0.275. The first kappa shape index (κ1) is 14.4. The molecule has 1 heterocycles. The minimum absolute atomic E-state index is 0.160. The molecule has 1 rings (SSSR count). The lowest BCUT2D eigenvalue weighted by Crippen LogP contribution is -2.19. The third kappa shape index (κ3) is 3.70. The van der Waals surface area contributed by atoms with Gasteiger partial charge in [0.05, 0.1) is 23.2 Å². The van der Waals surface area contributed by atoms with E-state index in [1.165, 1.54) is 0 Å². The average Bonchev–Trinajstić information content (AvgIpc) is 2.20. The van der Waals surface area contributed by atoms with Crippen LogP contribution in [0.4, 0.5) is 22.0 Å². The highest BCUT2D eigenvalue weighted by Crippen LogP contribution is 2.37. The van der Waals surface area contributed by atoms with Gasteiger partial charge >= 0.3 is 6.36 Å². The van der Waals surface area contributed by atoms with Gasteiger partial charge in [-0.1, -0.05) is 11.6 Å². The van der Waals surface area contributed by atoms with Crippen LogP contribution in [0.15, 0.2) is 6.07 Å². The van der Waals surface area contributed by atoms with Crippen molar-refractivity contribution in [3.8, 4) is 11.8 Å². The zero-order valence-electron chi connectivity index (χ0n) is 8.43. The van der Waals surface area contributed by atoms with Crippen LogP contribution in [-0.4, -0.2) is 11.3 Å². The second kappa shape index (κ2) is 5.35. The lowest BCUT2D eigenvalue weighted by Gasteiger charge is -2.14. The first-order chi connectivity index (χ1) is 8.24. The Morgan fingerprint density at radius 1 is 1.44 bits per heavy atom. The molecule has 1 aromatic heterocycles. The molecule has 0 aromatic carbocycles. The van der Waals surface area contributed by atoms with Crippen molar-refractivity contribution in [3.63, 3.8) is 0 Å². The first-order valence-corrected chi connectivity index (χ1v) is 4.72. The molecule has 0 spiro atoms. The summed E-state index contributed by atoms with van der Waals surface area (Å²) in [5, 5.41) is 7.69. The number of alkyl halides is 5. The first-order valence-electron chi connectivity index (χ1n) is 4.34. The Morgan fingerprint density at radius 3 is 2.50 bits per heavy atom. The molecular weight excluding hydrogens is 283 g/mol. The molecule has 0 unspecified atom stereocenters. The van der Waals surface area contributed by atoms with Gasteiger partial charge in [0.2, 0.25) is 0 Å². The van der Waals surface area contributed by atoms with E-state index >= 15 is 0 Å². The van der Waals surface area contributed by atoms with Crippen LogP contribution in [0, 0.1) is 11.3 Å². The Hall–Kier alpha value is -1.62. The van der Waals surface area contributed by atoms with E-state index in [1.54, 1.807) is 6.07 Å². The molecule has 0 bridgehead atoms. The van der Waals surface area contributed by atoms with Gasteiger partial charge in [-0.15, -0.1) is 13.2 Å². The third-order valence-corrected chi connectivity index (χ3v) is 1.97. The Kier molecular flexibility index (Phi) is 4.29. The molecule has 1 aromatic rings. The van der Waals surface area contributed by atoms with E-state index in [9.17, 15) is 22.0 Å². The van der Waals surface area contributed by atoms with Crippen molar-refractivity contribution in [1.82, 2.24) is 4.98 Å². The quantitative estimate of drug-likeness (QED) is 0.797. The molecule has 0 aliphatic carbocycles. The number of rotatable bonds is 3. The Labute approximate surface area is 103 Å². The molecular formula is C9H4ClF5N2O. The minimum atomic E-state index is -5.16. The summed E-state index contributed by atoms with van der Waals surface area (Å²) in [5.74, 6) is -1.25. The summed E-state index contributed by atoms with van der Waals surface area (Å²) in [6, 6.07) is 2.49. The molecule has 0 fully saturated rings. The van der Waals surface area contributed by atoms with Crippen LogP contribution in [0.2, 0.25) is 5.02 Å². The average molecular weight is 287 g/mol. The second-order valence-corrected chi connectivity index (χ2v) is 3.40. The van der Waals surface area contributed by atoms with E-state index in [-0.39, 0.29) is 12.1 Å². The topological polar surface area (TPSA) is 45.9 Å². The van der Waals surface area contributed by atoms with Crippen molar-refractivity contribution in [2.75, 3.05) is 0 Å². The van der Waals surface area contributed by atoms with Crippen LogP contribution in [0.1, 0.15) is 17.8 Å². The van der Waals surface area contributed by atoms with Gasteiger partial charge in [0.1, 0.15) is 0 Å². The number of nitriles is 1. The van der Waals surface area contributed by atoms with E-state index in [4.69, 9.17) is 16.9 Å². The van der Waals surface area contributed by atoms with E-state index in [2.05, 4.69) is 9.72 Å². The second-order valence-electron chi connectivity index (χ2n) is 2.99. The SMILES string of the molecule is N#CCc1cc(Cl)c(OC(F)(F)F)c(C(F)F)n1. The van der Waals surface area contributed by atoms with Gasteiger partial charge in [-0.3, -0.25) is 0 Å². The van der Waals surface area contributed by atoms with Crippen molar-refractivity contribution in [2.45, 2.75) is 19.2 Å². The predicted molar refractivity (Wildman–Crippen MR) is 50.2 cm³/mol. The number of ether oxygens (including phenoxy) is 1. The normalized spacial score (nSPS) is 11.4. The maximum atomic E-state index is 12.6. The number of aromatic nitrogens is 1. The fraction of sp³-hybridized carbons (Fsp3) is 0.333. The summed E-state index contributed by atoms with van der Waals surface area (Å²) in [5.41, 5.74) is -1.41. The molecule has 0 aliphatic heterocycles. The number of pyridine rings is 1. The molecule has 3 nitrogen and oxygen atoms in total. The summed E-state index contributed by atoms with van der Waals surface area (Å²) in [6.07, 6.45) is -8.82. The number of hydrogen-bond donors (Lipinski definition) is 0. The maximum Gasteiger partial charge on any atom is 0.573 e. The Morgan fingerprint density at radius 2 is 2.06 bits per heavy atom. The number of nitrogens with zero attached hydrogens (tertiary/aromatic N) is 2. The van der Waals surface area contributed by atoms with Gasteiger partial charge in [-0.05, 0) is 6.07 Å². The van der Waals surface area contributed by atoms with Crippen molar-refractivity contribution in [1.29, 1.82) is 5.26 Å². The zero-order chi connectivity index (χ0) is 13.9. The van der Waals surface area contributed by atoms with Crippen LogP contribution in [0.5, 0.6) is 5.75 Å². The van der Waals surface area contributed by atoms with E-state index in [0.717, 1.165) is 6.07 Å². The summed E-state index contributed by atoms with van der Waals surface area (Å²) < 4.78 is 64.5. The fourth-order valence-corrected chi connectivity index (χ4v) is 1.37. The molecule has 0 N–H and O–H groups in total. The van der Waals surface area contributed by atoms with Gasteiger partial charge < -0.3 is 4.74 Å². The molecule has 0 amide bonds. The molecule has 0 radical (unpaired) electrons. The highest BCUT2D eigenvalue weighted by atomic mass is 35.5. The third-order valence-electron chi connectivity index (χ3n) is 1.69. The van der Waals surface area contributed by atoms with Crippen LogP contribution in [0.3, 0.4) is 0 Å². The van der Waals surface area contributed by atoms with Gasteiger partial charge in [0.15, 0.2) is 11.4 Å². The van der Waals surface area contributed by atoms with Gasteiger partial charge in [0, 0.05) is 0 Å². The maximum absolute atomic E-state index is 12.6. The summed E-state index contributed by atoms with van der Waals surface area (Å²) >= 11 is 5.41. The summed E-state index contributed by atoms with van der Waals surface area (Å²) in [6.45, 7) is 0. The largest absolute Gasteiger partial charge is 0.573 e. The monoisotopic (exact) mass is 286 g/mol. The fourth-order valence-electron chi connectivity index (χ4n) is 1.11. The van der Waals surface area contributed by atoms with E-state index in [0.29, 0.717) is 0 Å². The minimum Gasteiger partial charge on any atom is -0.402 e. The van der Waals surface area contributed by atoms with Gasteiger partial charge in [-0.2, -0.15) is 5.26 Å². The number of halogens is 6. The molecule has 0 saturated carbocycles. The molecule has 9 heteroatoms. The predicted octanol–water partition coefficient (Wildman–Crippen LogP) is 3.64. The van der Waals surface area contributed by atoms with Crippen LogP contribution < -0.4 is 4.74 Å². The van der Waals surface area contributed by atoms with Crippen LogP contribution >= 0.6 is 11.6 Å². The van der Waals surface area contributed by atoms with Gasteiger partial charge in [0.25, 0.3) is 6.43 Å². The van der Waals surface area contributed by atoms with Crippen molar-refractivity contribution in [2.24, 2.45) is 0 Å². The molecule has 0 saturated heterocycles. The Balaban J connectivity index is 3.28. The lowest BCUT2D eigenvalue weighted by atomic mass is 10.2. The standard InChI is InChI=1S/C9H4ClF5N2O/c10-5-3-4(1-2-16)17-6(8(11)12)7(5)18-9(13,14)15/h3,8H,1H2. The smallest absolute Gasteiger partial charge is 0.402 e. The Bertz CT molecular complexity index is 483. The van der Waals surface area contributed by atoms with E-state index < -0.39 is 29.3 Å². The van der Waals surface area contributed by atoms with Crippen molar-refractivity contribution >= 4 is 11.6 Å². The van der Waals surface area contributed by atoms with Crippen molar-refractivity contribution in [3.05, 3.63) is 22.5 Å². The van der Waals surface area contributed by atoms with Crippen molar-refractivity contribution < 1.29 is 26.7 Å². The summed E-state index contributed by atoms with van der Waals surface area (Å²) in [4.78, 5) is 3.22. The summed E-state index contributed by atoms with van der Waals surface area (Å²) in [7, 11) is 0. The van der Waals surface area contributed by atoms with E-state index in [1.807, 2.05) is 0 Å². The molecule has 0 aliphatic rings.